The highest BCUT2D eigenvalue weighted by molar-refractivity contribution is 6.02. The first-order valence-electron chi connectivity index (χ1n) is 4.77. The van der Waals surface area contributed by atoms with Crippen LogP contribution in [-0.2, 0) is 11.2 Å². The van der Waals surface area contributed by atoms with Crippen molar-refractivity contribution in [3.63, 3.8) is 0 Å². The molecule has 78 valence electrons. The van der Waals surface area contributed by atoms with Gasteiger partial charge in [0.05, 0.1) is 13.0 Å². The second-order valence-corrected chi connectivity index (χ2v) is 3.49. The molecule has 4 heteroatoms. The summed E-state index contributed by atoms with van der Waals surface area (Å²) in [6.07, 6.45) is 0.454. The number of hydrogen-bond acceptors (Lipinski definition) is 3. The number of aliphatic hydroxyl groups is 1. The van der Waals surface area contributed by atoms with E-state index in [1.54, 1.807) is 18.2 Å². The van der Waals surface area contributed by atoms with Gasteiger partial charge in [0, 0.05) is 17.7 Å². The average molecular weight is 205 g/mol. The summed E-state index contributed by atoms with van der Waals surface area (Å²) in [6.45, 7) is -0.146. The Morgan fingerprint density at radius 1 is 1.47 bits per heavy atom. The van der Waals surface area contributed by atoms with Gasteiger partial charge in [0.15, 0.2) is 5.78 Å². The molecular formula is C11H11NO3. The lowest BCUT2D eigenvalue weighted by Crippen LogP contribution is -2.03. The lowest BCUT2D eigenvalue weighted by atomic mass is 10.0. The Labute approximate surface area is 86.9 Å². The molecule has 1 heterocycles. The third kappa shape index (κ3) is 1.89. The van der Waals surface area contributed by atoms with E-state index in [9.17, 15) is 9.59 Å². The number of anilines is 1. The number of nitrogens with one attached hydrogen (secondary N) is 1. The van der Waals surface area contributed by atoms with Crippen molar-refractivity contribution in [1.82, 2.24) is 0 Å². The van der Waals surface area contributed by atoms with Crippen molar-refractivity contribution in [2.24, 2.45) is 0 Å². The van der Waals surface area contributed by atoms with Gasteiger partial charge in [-0.15, -0.1) is 0 Å². The largest absolute Gasteiger partial charge is 0.396 e. The molecule has 1 aromatic rings. The molecule has 1 amide bonds. The third-order valence-electron chi connectivity index (χ3n) is 2.39. The number of fused-ring (bicyclic) bond motifs is 1. The van der Waals surface area contributed by atoms with E-state index in [4.69, 9.17) is 5.11 Å². The molecule has 0 atom stereocenters. The Balaban J connectivity index is 2.27. The molecule has 2 rings (SSSR count). The summed E-state index contributed by atoms with van der Waals surface area (Å²) < 4.78 is 0. The maximum atomic E-state index is 11.5. The molecule has 4 nitrogen and oxygen atoms in total. The number of amides is 1. The highest BCUT2D eigenvalue weighted by atomic mass is 16.3. The fourth-order valence-electron chi connectivity index (χ4n) is 1.65. The van der Waals surface area contributed by atoms with E-state index in [0.717, 1.165) is 11.3 Å². The second-order valence-electron chi connectivity index (χ2n) is 3.49. The lowest BCUT2D eigenvalue weighted by molar-refractivity contribution is -0.115. The predicted molar refractivity (Wildman–Crippen MR) is 54.8 cm³/mol. The SMILES string of the molecule is O=C1Cc2cc(C(=O)CCO)ccc2N1. The molecule has 1 aliphatic heterocycles. The van der Waals surface area contributed by atoms with Crippen molar-refractivity contribution in [2.75, 3.05) is 11.9 Å². The summed E-state index contributed by atoms with van der Waals surface area (Å²) in [5.74, 6) is -0.142. The molecule has 2 N–H and O–H groups in total. The molecule has 0 aliphatic carbocycles. The standard InChI is InChI=1S/C11H11NO3/c13-4-3-10(14)7-1-2-9-8(5-7)6-11(15)12-9/h1-2,5,13H,3-4,6H2,(H,12,15). The molecule has 1 aromatic carbocycles. The van der Waals surface area contributed by atoms with Gasteiger partial charge in [0.25, 0.3) is 0 Å². The maximum absolute atomic E-state index is 11.5. The first-order chi connectivity index (χ1) is 7.20. The van der Waals surface area contributed by atoms with Gasteiger partial charge in [-0.1, -0.05) is 0 Å². The summed E-state index contributed by atoms with van der Waals surface area (Å²) in [5.41, 5.74) is 2.18. The molecule has 0 saturated heterocycles. The Morgan fingerprint density at radius 3 is 3.00 bits per heavy atom. The molecule has 0 spiro atoms. The zero-order valence-corrected chi connectivity index (χ0v) is 8.12. The minimum Gasteiger partial charge on any atom is -0.396 e. The van der Waals surface area contributed by atoms with Crippen LogP contribution in [0.4, 0.5) is 5.69 Å². The molecule has 0 saturated carbocycles. The van der Waals surface area contributed by atoms with Crippen LogP contribution in [0.25, 0.3) is 0 Å². The molecule has 0 radical (unpaired) electrons. The molecule has 0 aromatic heterocycles. The number of carbonyl (C=O) groups excluding carboxylic acids is 2. The summed E-state index contributed by atoms with van der Waals surface area (Å²) in [6, 6.07) is 5.11. The van der Waals surface area contributed by atoms with Gasteiger partial charge in [0.2, 0.25) is 5.91 Å². The number of benzene rings is 1. The Hall–Kier alpha value is -1.68. The number of ketones is 1. The van der Waals surface area contributed by atoms with Gasteiger partial charge in [-0.05, 0) is 23.8 Å². The van der Waals surface area contributed by atoms with Crippen molar-refractivity contribution in [3.8, 4) is 0 Å². The monoisotopic (exact) mass is 205 g/mol. The second kappa shape index (κ2) is 3.82. The predicted octanol–water partition coefficient (Wildman–Crippen LogP) is 0.746. The Morgan fingerprint density at radius 2 is 2.27 bits per heavy atom. The van der Waals surface area contributed by atoms with E-state index in [1.807, 2.05) is 0 Å². The first-order valence-corrected chi connectivity index (χ1v) is 4.77. The molecular weight excluding hydrogens is 194 g/mol. The molecule has 0 unspecified atom stereocenters. The molecule has 0 fully saturated rings. The van der Waals surface area contributed by atoms with Crippen LogP contribution in [0.5, 0.6) is 0 Å². The van der Waals surface area contributed by atoms with Gasteiger partial charge in [-0.25, -0.2) is 0 Å². The quantitative estimate of drug-likeness (QED) is 0.715. The fourth-order valence-corrected chi connectivity index (χ4v) is 1.65. The van der Waals surface area contributed by atoms with Crippen LogP contribution in [-0.4, -0.2) is 23.4 Å². The first kappa shape index (κ1) is 9.86. The molecule has 1 aliphatic rings. The van der Waals surface area contributed by atoms with Crippen molar-refractivity contribution >= 4 is 17.4 Å². The van der Waals surface area contributed by atoms with E-state index in [1.165, 1.54) is 0 Å². The highest BCUT2D eigenvalue weighted by Gasteiger charge is 2.18. The zero-order valence-electron chi connectivity index (χ0n) is 8.12. The van der Waals surface area contributed by atoms with Gasteiger partial charge in [-0.2, -0.15) is 0 Å². The summed E-state index contributed by atoms with van der Waals surface area (Å²) >= 11 is 0. The van der Waals surface area contributed by atoms with Gasteiger partial charge in [-0.3, -0.25) is 9.59 Å². The Kier molecular flexibility index (Phi) is 2.51. The lowest BCUT2D eigenvalue weighted by Gasteiger charge is -2.02. The van der Waals surface area contributed by atoms with E-state index < -0.39 is 0 Å². The minimum absolute atomic E-state index is 0.0447. The van der Waals surface area contributed by atoms with E-state index in [-0.39, 0.29) is 24.7 Å². The van der Waals surface area contributed by atoms with Crippen molar-refractivity contribution < 1.29 is 14.7 Å². The number of carbonyl (C=O) groups is 2. The third-order valence-corrected chi connectivity index (χ3v) is 2.39. The van der Waals surface area contributed by atoms with Gasteiger partial charge >= 0.3 is 0 Å². The highest BCUT2D eigenvalue weighted by Crippen LogP contribution is 2.24. The van der Waals surface area contributed by atoms with Crippen LogP contribution in [0.3, 0.4) is 0 Å². The minimum atomic E-state index is -0.146. The molecule has 15 heavy (non-hydrogen) atoms. The van der Waals surface area contributed by atoms with Crippen LogP contribution in [0, 0.1) is 0 Å². The number of hydrogen-bond donors (Lipinski definition) is 2. The number of Topliss-reactive ketones (excluding diaryl/α,β-unsaturated/α-hetero) is 1. The fraction of sp³-hybridized carbons (Fsp3) is 0.273. The summed E-state index contributed by atoms with van der Waals surface area (Å²) in [4.78, 5) is 22.5. The van der Waals surface area contributed by atoms with Gasteiger partial charge in [0.1, 0.15) is 0 Å². The van der Waals surface area contributed by atoms with Crippen LogP contribution in [0.15, 0.2) is 18.2 Å². The number of rotatable bonds is 3. The normalized spacial score (nSPS) is 13.5. The van der Waals surface area contributed by atoms with E-state index >= 15 is 0 Å². The topological polar surface area (TPSA) is 66.4 Å². The van der Waals surface area contributed by atoms with Gasteiger partial charge < -0.3 is 10.4 Å². The van der Waals surface area contributed by atoms with E-state index in [0.29, 0.717) is 12.0 Å². The zero-order chi connectivity index (χ0) is 10.8. The molecule has 0 bridgehead atoms. The van der Waals surface area contributed by atoms with Crippen molar-refractivity contribution in [2.45, 2.75) is 12.8 Å². The summed E-state index contributed by atoms with van der Waals surface area (Å²) in [5, 5.41) is 11.3. The number of aliphatic hydroxyl groups excluding tert-OH is 1. The van der Waals surface area contributed by atoms with Crippen molar-refractivity contribution in [3.05, 3.63) is 29.3 Å². The summed E-state index contributed by atoms with van der Waals surface area (Å²) in [7, 11) is 0. The van der Waals surface area contributed by atoms with Crippen LogP contribution < -0.4 is 5.32 Å². The van der Waals surface area contributed by atoms with Crippen LogP contribution in [0.2, 0.25) is 0 Å². The van der Waals surface area contributed by atoms with Crippen molar-refractivity contribution in [1.29, 1.82) is 0 Å². The Bertz CT molecular complexity index is 426. The van der Waals surface area contributed by atoms with Crippen LogP contribution in [0.1, 0.15) is 22.3 Å². The average Bonchev–Trinajstić information content (AvgIpc) is 2.57. The van der Waals surface area contributed by atoms with Crippen LogP contribution >= 0.6 is 0 Å². The van der Waals surface area contributed by atoms with E-state index in [2.05, 4.69) is 5.32 Å². The smallest absolute Gasteiger partial charge is 0.228 e. The maximum Gasteiger partial charge on any atom is 0.228 e.